The minimum Gasteiger partial charge on any atom is -0.508 e. The summed E-state index contributed by atoms with van der Waals surface area (Å²) >= 11 is 6.18. The third-order valence-electron chi connectivity index (χ3n) is 3.88. The molecule has 1 aromatic carbocycles. The van der Waals surface area contributed by atoms with Crippen molar-refractivity contribution in [3.63, 3.8) is 0 Å². The maximum Gasteiger partial charge on any atom is 0.152 e. The highest BCUT2D eigenvalue weighted by molar-refractivity contribution is 6.32. The average Bonchev–Trinajstić information content (AvgIpc) is 2.43. The molecule has 0 saturated carbocycles. The number of aromatic nitrogens is 1. The number of pyridine rings is 1. The van der Waals surface area contributed by atoms with Crippen molar-refractivity contribution >= 4 is 17.3 Å². The quantitative estimate of drug-likeness (QED) is 0.813. The lowest BCUT2D eigenvalue weighted by Gasteiger charge is -2.28. The van der Waals surface area contributed by atoms with E-state index in [4.69, 9.17) is 11.6 Å². The second-order valence-electron chi connectivity index (χ2n) is 5.27. The second-order valence-corrected chi connectivity index (χ2v) is 5.62. The van der Waals surface area contributed by atoms with Crippen LogP contribution in [0.2, 0.25) is 5.15 Å². The van der Waals surface area contributed by atoms with E-state index in [1.807, 2.05) is 25.1 Å². The number of anilines is 1. The molecule has 3 nitrogen and oxygen atoms in total. The first kappa shape index (κ1) is 13.3. The zero-order chi connectivity index (χ0) is 14.1. The molecule has 1 aliphatic carbocycles. The molecular formula is C16H17ClN2O. The summed E-state index contributed by atoms with van der Waals surface area (Å²) in [5, 5.41) is 13.7. The van der Waals surface area contributed by atoms with Crippen LogP contribution in [-0.2, 0) is 6.42 Å². The molecule has 20 heavy (non-hydrogen) atoms. The van der Waals surface area contributed by atoms with Gasteiger partial charge in [0.05, 0.1) is 11.7 Å². The van der Waals surface area contributed by atoms with Gasteiger partial charge in [-0.05, 0) is 61.1 Å². The number of phenolic OH excluding ortho intramolecular Hbond substituents is 1. The van der Waals surface area contributed by atoms with Crippen molar-refractivity contribution in [3.05, 3.63) is 52.3 Å². The van der Waals surface area contributed by atoms with Crippen molar-refractivity contribution in [1.29, 1.82) is 0 Å². The van der Waals surface area contributed by atoms with Crippen LogP contribution >= 0.6 is 11.6 Å². The van der Waals surface area contributed by atoms with Crippen LogP contribution in [0.15, 0.2) is 30.5 Å². The molecule has 1 unspecified atom stereocenters. The molecule has 0 spiro atoms. The van der Waals surface area contributed by atoms with E-state index in [9.17, 15) is 5.11 Å². The molecule has 104 valence electrons. The van der Waals surface area contributed by atoms with Gasteiger partial charge in [0.25, 0.3) is 0 Å². The number of halogens is 1. The summed E-state index contributed by atoms with van der Waals surface area (Å²) in [5.41, 5.74) is 4.42. The Hall–Kier alpha value is -1.74. The Bertz CT molecular complexity index is 622. The fourth-order valence-corrected chi connectivity index (χ4v) is 3.07. The summed E-state index contributed by atoms with van der Waals surface area (Å²) in [6.07, 6.45) is 4.94. The van der Waals surface area contributed by atoms with Gasteiger partial charge >= 0.3 is 0 Å². The number of nitrogens with zero attached hydrogens (tertiary/aromatic N) is 1. The first-order valence-corrected chi connectivity index (χ1v) is 7.22. The number of aromatic hydroxyl groups is 1. The number of nitrogens with one attached hydrogen (secondary N) is 1. The largest absolute Gasteiger partial charge is 0.508 e. The topological polar surface area (TPSA) is 45.2 Å². The van der Waals surface area contributed by atoms with Gasteiger partial charge in [-0.3, -0.25) is 0 Å². The van der Waals surface area contributed by atoms with E-state index in [1.54, 1.807) is 12.3 Å². The Morgan fingerprint density at radius 2 is 2.20 bits per heavy atom. The van der Waals surface area contributed by atoms with Crippen LogP contribution in [0, 0.1) is 6.92 Å². The molecule has 1 atom stereocenters. The predicted octanol–water partition coefficient (Wildman–Crippen LogP) is 4.24. The first-order chi connectivity index (χ1) is 9.65. The lowest BCUT2D eigenvalue weighted by molar-refractivity contribution is 0.471. The minimum absolute atomic E-state index is 0.172. The number of rotatable bonds is 2. The molecular weight excluding hydrogens is 272 g/mol. The lowest BCUT2D eigenvalue weighted by Crippen LogP contribution is -2.18. The molecule has 0 aliphatic heterocycles. The number of aryl methyl sites for hydroxylation is 2. The Morgan fingerprint density at radius 3 is 3.00 bits per heavy atom. The van der Waals surface area contributed by atoms with Crippen molar-refractivity contribution in [2.24, 2.45) is 0 Å². The molecule has 2 aromatic rings. The van der Waals surface area contributed by atoms with Gasteiger partial charge in [0.2, 0.25) is 0 Å². The van der Waals surface area contributed by atoms with E-state index in [1.165, 1.54) is 5.56 Å². The van der Waals surface area contributed by atoms with Crippen molar-refractivity contribution in [2.45, 2.75) is 32.2 Å². The summed E-state index contributed by atoms with van der Waals surface area (Å²) in [4.78, 5) is 4.13. The van der Waals surface area contributed by atoms with Gasteiger partial charge in [-0.15, -0.1) is 0 Å². The van der Waals surface area contributed by atoms with E-state index in [0.717, 1.165) is 36.1 Å². The van der Waals surface area contributed by atoms with E-state index in [-0.39, 0.29) is 6.04 Å². The zero-order valence-corrected chi connectivity index (χ0v) is 12.1. The Kier molecular flexibility index (Phi) is 3.53. The third-order valence-corrected chi connectivity index (χ3v) is 4.16. The Labute approximate surface area is 123 Å². The number of hydrogen-bond acceptors (Lipinski definition) is 3. The minimum atomic E-state index is 0.172. The number of hydrogen-bond donors (Lipinski definition) is 2. The Morgan fingerprint density at radius 1 is 1.35 bits per heavy atom. The van der Waals surface area contributed by atoms with Gasteiger partial charge in [0.1, 0.15) is 5.75 Å². The van der Waals surface area contributed by atoms with Crippen LogP contribution in [0.5, 0.6) is 5.75 Å². The zero-order valence-electron chi connectivity index (χ0n) is 11.4. The van der Waals surface area contributed by atoms with Crippen LogP contribution in [0.4, 0.5) is 5.69 Å². The molecule has 0 saturated heterocycles. The van der Waals surface area contributed by atoms with E-state index in [2.05, 4.69) is 10.3 Å². The predicted molar refractivity (Wildman–Crippen MR) is 81.4 cm³/mol. The highest BCUT2D eigenvalue weighted by atomic mass is 35.5. The monoisotopic (exact) mass is 288 g/mol. The van der Waals surface area contributed by atoms with Crippen molar-refractivity contribution in [3.8, 4) is 5.75 Å². The molecule has 3 rings (SSSR count). The molecule has 0 amide bonds. The summed E-state index contributed by atoms with van der Waals surface area (Å²) in [6, 6.07) is 7.73. The van der Waals surface area contributed by atoms with Gasteiger partial charge in [-0.2, -0.15) is 0 Å². The molecule has 2 N–H and O–H groups in total. The molecule has 1 aromatic heterocycles. The number of benzene rings is 1. The molecule has 1 aliphatic rings. The Balaban J connectivity index is 1.95. The van der Waals surface area contributed by atoms with Crippen LogP contribution < -0.4 is 5.32 Å². The third kappa shape index (κ3) is 2.46. The van der Waals surface area contributed by atoms with Gasteiger partial charge in [-0.1, -0.05) is 17.7 Å². The average molecular weight is 289 g/mol. The SMILES string of the molecule is Cc1ccnc(Cl)c1NC1CCCc2ccc(O)cc21. The first-order valence-electron chi connectivity index (χ1n) is 6.84. The maximum atomic E-state index is 9.72. The normalized spacial score (nSPS) is 17.6. The second kappa shape index (κ2) is 5.33. The van der Waals surface area contributed by atoms with Crippen LogP contribution in [0.1, 0.15) is 35.6 Å². The van der Waals surface area contributed by atoms with E-state index in [0.29, 0.717) is 10.9 Å². The van der Waals surface area contributed by atoms with E-state index >= 15 is 0 Å². The van der Waals surface area contributed by atoms with Crippen LogP contribution in [-0.4, -0.2) is 10.1 Å². The molecule has 0 radical (unpaired) electrons. The highest BCUT2D eigenvalue weighted by Gasteiger charge is 2.22. The molecule has 4 heteroatoms. The van der Waals surface area contributed by atoms with Crippen LogP contribution in [0.25, 0.3) is 0 Å². The fourth-order valence-electron chi connectivity index (χ4n) is 2.81. The smallest absolute Gasteiger partial charge is 0.152 e. The molecule has 0 fully saturated rings. The van der Waals surface area contributed by atoms with Crippen LogP contribution in [0.3, 0.4) is 0 Å². The summed E-state index contributed by atoms with van der Waals surface area (Å²) < 4.78 is 0. The van der Waals surface area contributed by atoms with Crippen molar-refractivity contribution < 1.29 is 5.11 Å². The maximum absolute atomic E-state index is 9.72. The highest BCUT2D eigenvalue weighted by Crippen LogP contribution is 2.36. The number of phenols is 1. The fraction of sp³-hybridized carbons (Fsp3) is 0.312. The molecule has 1 heterocycles. The lowest BCUT2D eigenvalue weighted by atomic mass is 9.87. The van der Waals surface area contributed by atoms with Gasteiger partial charge < -0.3 is 10.4 Å². The summed E-state index contributed by atoms with van der Waals surface area (Å²) in [5.74, 6) is 0.312. The summed E-state index contributed by atoms with van der Waals surface area (Å²) in [7, 11) is 0. The standard InChI is InChI=1S/C16H17ClN2O/c1-10-7-8-18-16(17)15(10)19-14-4-2-3-11-5-6-12(20)9-13(11)14/h5-9,14,19-20H,2-4H2,1H3. The van der Waals surface area contributed by atoms with Gasteiger partial charge in [-0.25, -0.2) is 4.98 Å². The van der Waals surface area contributed by atoms with Crippen molar-refractivity contribution in [2.75, 3.05) is 5.32 Å². The van der Waals surface area contributed by atoms with Gasteiger partial charge in [0.15, 0.2) is 5.15 Å². The summed E-state index contributed by atoms with van der Waals surface area (Å²) in [6.45, 7) is 2.02. The molecule has 0 bridgehead atoms. The van der Waals surface area contributed by atoms with Crippen molar-refractivity contribution in [1.82, 2.24) is 4.98 Å². The number of fused-ring (bicyclic) bond motifs is 1. The van der Waals surface area contributed by atoms with E-state index < -0.39 is 0 Å². The van der Waals surface area contributed by atoms with Gasteiger partial charge in [0, 0.05) is 6.20 Å².